The second-order valence-corrected chi connectivity index (χ2v) is 10.9. The van der Waals surface area contributed by atoms with Crippen LogP contribution in [0, 0.1) is 0 Å². The van der Waals surface area contributed by atoms with Crippen LogP contribution in [0.1, 0.15) is 29.2 Å². The standard InChI is InChI=1S/C24H28F3N3O3S/c1-2-34(32,33)30-17-20-6-4-3-5-19(20)15-22(30)23(31)29-13-11-28(12-14-29)16-18-7-9-21(10-8-18)24(25,26)27/h3-10,22H,2,11-17H2,1H3. The molecule has 34 heavy (non-hydrogen) atoms. The van der Waals surface area contributed by atoms with E-state index < -0.39 is 27.8 Å². The molecule has 4 rings (SSSR count). The summed E-state index contributed by atoms with van der Waals surface area (Å²) in [6.45, 7) is 4.28. The van der Waals surface area contributed by atoms with Crippen molar-refractivity contribution >= 4 is 15.9 Å². The number of hydrogen-bond donors (Lipinski definition) is 0. The minimum absolute atomic E-state index is 0.0696. The number of alkyl halides is 3. The molecule has 0 aliphatic carbocycles. The highest BCUT2D eigenvalue weighted by molar-refractivity contribution is 7.89. The molecule has 0 spiro atoms. The third kappa shape index (κ3) is 5.29. The smallest absolute Gasteiger partial charge is 0.339 e. The third-order valence-electron chi connectivity index (χ3n) is 6.58. The van der Waals surface area contributed by atoms with Crippen LogP contribution in [-0.2, 0) is 40.5 Å². The SMILES string of the molecule is CCS(=O)(=O)N1Cc2ccccc2CC1C(=O)N1CCN(Cc2ccc(C(F)(F)F)cc2)CC1. The van der Waals surface area contributed by atoms with Gasteiger partial charge >= 0.3 is 6.18 Å². The van der Waals surface area contributed by atoms with E-state index >= 15 is 0 Å². The Hall–Kier alpha value is -2.43. The van der Waals surface area contributed by atoms with Crippen LogP contribution in [0.5, 0.6) is 0 Å². The van der Waals surface area contributed by atoms with Crippen molar-refractivity contribution < 1.29 is 26.4 Å². The average molecular weight is 496 g/mol. The van der Waals surface area contributed by atoms with Crippen LogP contribution < -0.4 is 0 Å². The van der Waals surface area contributed by atoms with Gasteiger partial charge in [-0.15, -0.1) is 0 Å². The van der Waals surface area contributed by atoms with Crippen LogP contribution >= 0.6 is 0 Å². The number of amides is 1. The zero-order valence-corrected chi connectivity index (χ0v) is 19.8. The van der Waals surface area contributed by atoms with Crippen molar-refractivity contribution in [1.82, 2.24) is 14.1 Å². The van der Waals surface area contributed by atoms with E-state index in [9.17, 15) is 26.4 Å². The molecular formula is C24H28F3N3O3S. The van der Waals surface area contributed by atoms with Crippen LogP contribution in [-0.4, -0.2) is 66.4 Å². The Balaban J connectivity index is 1.41. The number of carbonyl (C=O) groups excluding carboxylic acids is 1. The lowest BCUT2D eigenvalue weighted by Crippen LogP contribution is -2.57. The first-order chi connectivity index (χ1) is 16.1. The fourth-order valence-electron chi connectivity index (χ4n) is 4.56. The number of carbonyl (C=O) groups is 1. The van der Waals surface area contributed by atoms with Crippen LogP contribution in [0.3, 0.4) is 0 Å². The van der Waals surface area contributed by atoms with E-state index in [1.54, 1.807) is 11.8 Å². The fraction of sp³-hybridized carbons (Fsp3) is 0.458. The number of benzene rings is 2. The predicted octanol–water partition coefficient (Wildman–Crippen LogP) is 3.13. The summed E-state index contributed by atoms with van der Waals surface area (Å²) in [4.78, 5) is 17.2. The Morgan fingerprint density at radius 1 is 0.971 bits per heavy atom. The summed E-state index contributed by atoms with van der Waals surface area (Å²) in [6, 6.07) is 12.0. The average Bonchev–Trinajstić information content (AvgIpc) is 2.83. The minimum atomic E-state index is -4.36. The second-order valence-electron chi connectivity index (χ2n) is 8.73. The molecule has 2 aromatic carbocycles. The van der Waals surface area contributed by atoms with Crippen LogP contribution in [0.2, 0.25) is 0 Å². The monoisotopic (exact) mass is 495 g/mol. The van der Waals surface area contributed by atoms with Gasteiger partial charge in [0, 0.05) is 39.3 Å². The number of sulfonamides is 1. The molecule has 0 N–H and O–H groups in total. The highest BCUT2D eigenvalue weighted by atomic mass is 32.2. The van der Waals surface area contributed by atoms with Gasteiger partial charge in [0.15, 0.2) is 0 Å². The summed E-state index contributed by atoms with van der Waals surface area (Å²) in [7, 11) is -3.57. The van der Waals surface area contributed by atoms with Crippen LogP contribution in [0.25, 0.3) is 0 Å². The first-order valence-corrected chi connectivity index (χ1v) is 12.9. The lowest BCUT2D eigenvalue weighted by molar-refractivity contribution is -0.138. The van der Waals surface area contributed by atoms with E-state index in [1.807, 2.05) is 24.3 Å². The zero-order valence-electron chi connectivity index (χ0n) is 19.0. The highest BCUT2D eigenvalue weighted by Gasteiger charge is 2.40. The summed E-state index contributed by atoms with van der Waals surface area (Å²) < 4.78 is 65.2. The molecule has 1 unspecified atom stereocenters. The Morgan fingerprint density at radius 2 is 1.59 bits per heavy atom. The van der Waals surface area contributed by atoms with Gasteiger partial charge in [-0.05, 0) is 42.2 Å². The number of rotatable bonds is 5. The lowest BCUT2D eigenvalue weighted by atomic mass is 9.95. The third-order valence-corrected chi connectivity index (χ3v) is 8.41. The first kappa shape index (κ1) is 24.7. The Morgan fingerprint density at radius 3 is 2.18 bits per heavy atom. The maximum absolute atomic E-state index is 13.4. The molecule has 2 heterocycles. The number of hydrogen-bond acceptors (Lipinski definition) is 4. The van der Waals surface area contributed by atoms with Gasteiger partial charge in [0.25, 0.3) is 0 Å². The van der Waals surface area contributed by atoms with Gasteiger partial charge in [-0.1, -0.05) is 36.4 Å². The number of piperazine rings is 1. The summed E-state index contributed by atoms with van der Waals surface area (Å²) >= 11 is 0. The number of halogens is 3. The molecule has 1 atom stereocenters. The van der Waals surface area contributed by atoms with Crippen molar-refractivity contribution in [2.75, 3.05) is 31.9 Å². The summed E-state index contributed by atoms with van der Waals surface area (Å²) in [6.07, 6.45) is -4.01. The van der Waals surface area contributed by atoms with E-state index in [-0.39, 0.29) is 18.2 Å². The Labute approximate surface area is 198 Å². The molecule has 10 heteroatoms. The van der Waals surface area contributed by atoms with Crippen LogP contribution in [0.4, 0.5) is 13.2 Å². The normalized spacial score (nSPS) is 20.2. The van der Waals surface area contributed by atoms with E-state index in [0.29, 0.717) is 39.1 Å². The van der Waals surface area contributed by atoms with Crippen molar-refractivity contribution in [2.45, 2.75) is 38.7 Å². The van der Waals surface area contributed by atoms with E-state index in [1.165, 1.54) is 16.4 Å². The highest BCUT2D eigenvalue weighted by Crippen LogP contribution is 2.30. The van der Waals surface area contributed by atoms with Gasteiger partial charge < -0.3 is 4.90 Å². The second kappa shape index (κ2) is 9.67. The number of fused-ring (bicyclic) bond motifs is 1. The largest absolute Gasteiger partial charge is 0.416 e. The minimum Gasteiger partial charge on any atom is -0.339 e. The van der Waals surface area contributed by atoms with Crippen molar-refractivity contribution in [1.29, 1.82) is 0 Å². The van der Waals surface area contributed by atoms with Gasteiger partial charge in [0.05, 0.1) is 11.3 Å². The molecule has 2 aliphatic rings. The van der Waals surface area contributed by atoms with Crippen molar-refractivity contribution in [3.05, 3.63) is 70.8 Å². The van der Waals surface area contributed by atoms with Gasteiger partial charge in [-0.3, -0.25) is 9.69 Å². The molecule has 0 radical (unpaired) electrons. The molecule has 184 valence electrons. The lowest BCUT2D eigenvalue weighted by Gasteiger charge is -2.40. The molecule has 2 aromatic rings. The van der Waals surface area contributed by atoms with Crippen LogP contribution in [0.15, 0.2) is 48.5 Å². The molecule has 6 nitrogen and oxygen atoms in total. The van der Waals surface area contributed by atoms with Gasteiger partial charge in [0.2, 0.25) is 15.9 Å². The van der Waals surface area contributed by atoms with E-state index in [2.05, 4.69) is 4.90 Å². The van der Waals surface area contributed by atoms with Crippen molar-refractivity contribution in [2.24, 2.45) is 0 Å². The topological polar surface area (TPSA) is 60.9 Å². The molecule has 1 saturated heterocycles. The van der Waals surface area contributed by atoms with E-state index in [0.717, 1.165) is 28.8 Å². The van der Waals surface area contributed by atoms with Gasteiger partial charge in [-0.2, -0.15) is 17.5 Å². The van der Waals surface area contributed by atoms with Crippen molar-refractivity contribution in [3.63, 3.8) is 0 Å². The molecule has 1 fully saturated rings. The number of nitrogens with zero attached hydrogens (tertiary/aromatic N) is 3. The van der Waals surface area contributed by atoms with E-state index in [4.69, 9.17) is 0 Å². The van der Waals surface area contributed by atoms with Crippen molar-refractivity contribution in [3.8, 4) is 0 Å². The molecule has 0 saturated carbocycles. The summed E-state index contributed by atoms with van der Waals surface area (Å²) in [5, 5.41) is 0. The summed E-state index contributed by atoms with van der Waals surface area (Å²) in [5.74, 6) is -0.263. The van der Waals surface area contributed by atoms with Gasteiger partial charge in [0.1, 0.15) is 6.04 Å². The maximum Gasteiger partial charge on any atom is 0.416 e. The summed E-state index contributed by atoms with van der Waals surface area (Å²) in [5.41, 5.74) is 2.01. The first-order valence-electron chi connectivity index (χ1n) is 11.3. The molecule has 0 aromatic heterocycles. The molecular weight excluding hydrogens is 467 g/mol. The molecule has 0 bridgehead atoms. The molecule has 2 aliphatic heterocycles. The molecule has 1 amide bonds. The fourth-order valence-corrected chi connectivity index (χ4v) is 5.78. The van der Waals surface area contributed by atoms with Gasteiger partial charge in [-0.25, -0.2) is 8.42 Å². The Kier molecular flexibility index (Phi) is 7.02. The Bertz CT molecular complexity index is 1130. The zero-order chi connectivity index (χ0) is 24.5. The maximum atomic E-state index is 13.4. The predicted molar refractivity (Wildman–Crippen MR) is 122 cm³/mol. The quantitative estimate of drug-likeness (QED) is 0.640.